The van der Waals surface area contributed by atoms with Gasteiger partial charge in [0, 0.05) is 12.5 Å². The maximum absolute atomic E-state index is 11.1. The molecule has 0 unspecified atom stereocenters. The summed E-state index contributed by atoms with van der Waals surface area (Å²) >= 11 is 0. The van der Waals surface area contributed by atoms with Crippen LogP contribution in [0.4, 0.5) is 0 Å². The van der Waals surface area contributed by atoms with E-state index in [1.165, 1.54) is 6.07 Å². The molecule has 5 heteroatoms. The molecule has 0 aromatic heterocycles. The Morgan fingerprint density at radius 2 is 2.16 bits per heavy atom. The van der Waals surface area contributed by atoms with Crippen LogP contribution in [0.5, 0.6) is 11.5 Å². The average molecular weight is 263 g/mol. The van der Waals surface area contributed by atoms with Crippen LogP contribution in [0.2, 0.25) is 0 Å². The first kappa shape index (κ1) is 14.8. The van der Waals surface area contributed by atoms with Crippen molar-refractivity contribution >= 4 is 5.97 Å². The van der Waals surface area contributed by atoms with Crippen LogP contribution in [0.25, 0.3) is 0 Å². The zero-order valence-corrected chi connectivity index (χ0v) is 10.9. The molecule has 0 radical (unpaired) electrons. The molecule has 0 fully saturated rings. The minimum atomic E-state index is -1.04. The van der Waals surface area contributed by atoms with Crippen molar-refractivity contribution in [3.05, 3.63) is 23.8 Å². The number of carbonyl (C=O) groups is 1. The quantitative estimate of drug-likeness (QED) is 0.729. The summed E-state index contributed by atoms with van der Waals surface area (Å²) in [5, 5.41) is 17.5. The van der Waals surface area contributed by atoms with E-state index in [9.17, 15) is 4.79 Å². The number of benzene rings is 1. The van der Waals surface area contributed by atoms with Crippen LogP contribution in [-0.4, -0.2) is 24.3 Å². The Bertz CT molecular complexity index is 465. The van der Waals surface area contributed by atoms with Crippen LogP contribution >= 0.6 is 0 Å². The maximum Gasteiger partial charge on any atom is 0.339 e. The van der Waals surface area contributed by atoms with Crippen LogP contribution in [-0.2, 0) is 0 Å². The van der Waals surface area contributed by atoms with Gasteiger partial charge in [0.25, 0.3) is 0 Å². The molecule has 0 bridgehead atoms. The normalized spacial score (nSPS) is 9.68. The highest BCUT2D eigenvalue weighted by molar-refractivity contribution is 5.91. The van der Waals surface area contributed by atoms with Crippen molar-refractivity contribution in [2.75, 3.05) is 13.2 Å². The molecule has 0 heterocycles. The van der Waals surface area contributed by atoms with Gasteiger partial charge >= 0.3 is 5.97 Å². The SMILES string of the molecule is CCCOc1ccc(C(=O)O)c(OCCCC#N)c1. The lowest BCUT2D eigenvalue weighted by molar-refractivity contribution is 0.0692. The summed E-state index contributed by atoms with van der Waals surface area (Å²) in [6.07, 6.45) is 1.82. The molecule has 0 aliphatic heterocycles. The number of nitrogens with zero attached hydrogens (tertiary/aromatic N) is 1. The summed E-state index contributed by atoms with van der Waals surface area (Å²) in [6, 6.07) is 6.66. The van der Waals surface area contributed by atoms with Gasteiger partial charge in [-0.1, -0.05) is 6.92 Å². The molecule has 0 aliphatic carbocycles. The molecule has 1 rings (SSSR count). The lowest BCUT2D eigenvalue weighted by atomic mass is 10.2. The van der Waals surface area contributed by atoms with E-state index in [4.69, 9.17) is 19.8 Å². The van der Waals surface area contributed by atoms with E-state index in [-0.39, 0.29) is 11.3 Å². The number of carboxylic acids is 1. The molecule has 1 N–H and O–H groups in total. The van der Waals surface area contributed by atoms with Crippen LogP contribution in [0, 0.1) is 11.3 Å². The Balaban J connectivity index is 2.77. The second-order valence-electron chi connectivity index (χ2n) is 3.92. The molecular weight excluding hydrogens is 246 g/mol. The Labute approximate surface area is 112 Å². The van der Waals surface area contributed by atoms with E-state index in [1.54, 1.807) is 12.1 Å². The Morgan fingerprint density at radius 3 is 2.79 bits per heavy atom. The topological polar surface area (TPSA) is 79.6 Å². The molecule has 0 aliphatic rings. The zero-order chi connectivity index (χ0) is 14.1. The van der Waals surface area contributed by atoms with E-state index >= 15 is 0 Å². The van der Waals surface area contributed by atoms with E-state index < -0.39 is 5.97 Å². The van der Waals surface area contributed by atoms with Crippen LogP contribution in [0.3, 0.4) is 0 Å². The number of aromatic carboxylic acids is 1. The fourth-order valence-electron chi connectivity index (χ4n) is 1.44. The largest absolute Gasteiger partial charge is 0.493 e. The molecule has 1 aromatic carbocycles. The monoisotopic (exact) mass is 263 g/mol. The van der Waals surface area contributed by atoms with Crippen molar-refractivity contribution in [1.29, 1.82) is 5.26 Å². The van der Waals surface area contributed by atoms with Gasteiger partial charge in [0.05, 0.1) is 19.3 Å². The summed E-state index contributed by atoms with van der Waals surface area (Å²) in [5.74, 6) is -0.182. The van der Waals surface area contributed by atoms with Crippen molar-refractivity contribution in [2.24, 2.45) is 0 Å². The number of unbranched alkanes of at least 4 members (excludes halogenated alkanes) is 1. The van der Waals surface area contributed by atoms with Gasteiger partial charge in [-0.25, -0.2) is 4.79 Å². The summed E-state index contributed by atoms with van der Waals surface area (Å²) in [6.45, 7) is 2.87. The lowest BCUT2D eigenvalue weighted by Gasteiger charge is -2.11. The minimum absolute atomic E-state index is 0.0980. The predicted molar refractivity (Wildman–Crippen MR) is 69.5 cm³/mol. The van der Waals surface area contributed by atoms with Gasteiger partial charge in [-0.2, -0.15) is 5.26 Å². The smallest absolute Gasteiger partial charge is 0.339 e. The van der Waals surface area contributed by atoms with E-state index in [0.717, 1.165) is 6.42 Å². The van der Waals surface area contributed by atoms with Crippen LogP contribution in [0.15, 0.2) is 18.2 Å². The third-order valence-corrected chi connectivity index (χ3v) is 2.35. The zero-order valence-electron chi connectivity index (χ0n) is 10.9. The van der Waals surface area contributed by atoms with Crippen LogP contribution in [0.1, 0.15) is 36.5 Å². The van der Waals surface area contributed by atoms with Crippen molar-refractivity contribution in [1.82, 2.24) is 0 Å². The molecule has 102 valence electrons. The minimum Gasteiger partial charge on any atom is -0.493 e. The van der Waals surface area contributed by atoms with Gasteiger partial charge in [-0.3, -0.25) is 0 Å². The Hall–Kier alpha value is -2.22. The molecule has 0 saturated carbocycles. The molecule has 19 heavy (non-hydrogen) atoms. The van der Waals surface area contributed by atoms with Gasteiger partial charge < -0.3 is 14.6 Å². The fourth-order valence-corrected chi connectivity index (χ4v) is 1.44. The van der Waals surface area contributed by atoms with Gasteiger partial charge in [0.1, 0.15) is 17.1 Å². The van der Waals surface area contributed by atoms with E-state index in [2.05, 4.69) is 0 Å². The van der Waals surface area contributed by atoms with E-state index in [1.807, 2.05) is 13.0 Å². The Kier molecular flexibility index (Phi) is 6.23. The second-order valence-corrected chi connectivity index (χ2v) is 3.92. The maximum atomic E-state index is 11.1. The lowest BCUT2D eigenvalue weighted by Crippen LogP contribution is -2.05. The first-order chi connectivity index (χ1) is 9.19. The fraction of sp³-hybridized carbons (Fsp3) is 0.429. The van der Waals surface area contributed by atoms with Gasteiger partial charge in [0.2, 0.25) is 0 Å². The van der Waals surface area contributed by atoms with Crippen LogP contribution < -0.4 is 9.47 Å². The number of carboxylic acid groups (broad SMARTS) is 1. The predicted octanol–water partition coefficient (Wildman–Crippen LogP) is 2.86. The third kappa shape index (κ3) is 4.88. The van der Waals surface area contributed by atoms with Gasteiger partial charge in [-0.05, 0) is 25.0 Å². The summed E-state index contributed by atoms with van der Waals surface area (Å²) in [7, 11) is 0. The number of rotatable bonds is 8. The molecule has 0 atom stereocenters. The standard InChI is InChI=1S/C14H17NO4/c1-2-8-18-11-5-6-12(14(16)17)13(10-11)19-9-4-3-7-15/h5-6,10H,2-4,8-9H2,1H3,(H,16,17). The number of ether oxygens (including phenoxy) is 2. The van der Waals surface area contributed by atoms with Crippen molar-refractivity contribution in [3.63, 3.8) is 0 Å². The summed E-state index contributed by atoms with van der Waals surface area (Å²) in [4.78, 5) is 11.1. The number of hydrogen-bond acceptors (Lipinski definition) is 4. The van der Waals surface area contributed by atoms with Crippen molar-refractivity contribution in [3.8, 4) is 17.6 Å². The third-order valence-electron chi connectivity index (χ3n) is 2.35. The molecular formula is C14H17NO4. The van der Waals surface area contributed by atoms with Gasteiger partial charge in [0.15, 0.2) is 0 Å². The molecule has 5 nitrogen and oxygen atoms in total. The molecule has 0 spiro atoms. The molecule has 0 saturated heterocycles. The van der Waals surface area contributed by atoms with Crippen molar-refractivity contribution in [2.45, 2.75) is 26.2 Å². The van der Waals surface area contributed by atoms with E-state index in [0.29, 0.717) is 31.8 Å². The highest BCUT2D eigenvalue weighted by atomic mass is 16.5. The first-order valence-electron chi connectivity index (χ1n) is 6.19. The summed E-state index contributed by atoms with van der Waals surface area (Å²) in [5.41, 5.74) is 0.0980. The molecule has 1 aromatic rings. The number of nitriles is 1. The summed E-state index contributed by atoms with van der Waals surface area (Å²) < 4.78 is 10.8. The number of hydrogen-bond donors (Lipinski definition) is 1. The second kappa shape index (κ2) is 7.98. The average Bonchev–Trinajstić information content (AvgIpc) is 2.41. The van der Waals surface area contributed by atoms with Gasteiger partial charge in [-0.15, -0.1) is 0 Å². The highest BCUT2D eigenvalue weighted by Crippen LogP contribution is 2.25. The Morgan fingerprint density at radius 1 is 1.37 bits per heavy atom. The molecule has 0 amide bonds. The highest BCUT2D eigenvalue weighted by Gasteiger charge is 2.12. The first-order valence-corrected chi connectivity index (χ1v) is 6.19. The van der Waals surface area contributed by atoms with Crippen molar-refractivity contribution < 1.29 is 19.4 Å².